The number of hydrogen-bond donors (Lipinski definition) is 2. The minimum absolute atomic E-state index is 0.151. The molecule has 116 valence electrons. The number of aromatic nitrogens is 2. The van der Waals surface area contributed by atoms with Crippen molar-refractivity contribution in [2.24, 2.45) is 7.05 Å². The van der Waals surface area contributed by atoms with E-state index in [4.69, 9.17) is 5.11 Å². The van der Waals surface area contributed by atoms with Crippen LogP contribution in [0.3, 0.4) is 0 Å². The van der Waals surface area contributed by atoms with E-state index in [-0.39, 0.29) is 17.4 Å². The molecule has 2 aromatic rings. The van der Waals surface area contributed by atoms with Crippen molar-refractivity contribution in [1.82, 2.24) is 9.78 Å². The average Bonchev–Trinajstić information content (AvgIpc) is 2.72. The average molecular weight is 301 g/mol. The zero-order valence-electron chi connectivity index (χ0n) is 13.0. The van der Waals surface area contributed by atoms with Crippen LogP contribution < -0.4 is 5.32 Å². The van der Waals surface area contributed by atoms with Crippen LogP contribution in [0, 0.1) is 13.8 Å². The molecule has 1 amide bonds. The zero-order valence-corrected chi connectivity index (χ0v) is 13.0. The van der Waals surface area contributed by atoms with Crippen molar-refractivity contribution in [2.45, 2.75) is 26.7 Å². The molecular weight excluding hydrogens is 282 g/mol. The highest BCUT2D eigenvalue weighted by Gasteiger charge is 2.22. The number of amides is 1. The molecule has 22 heavy (non-hydrogen) atoms. The summed E-state index contributed by atoms with van der Waals surface area (Å²) in [5.41, 5.74) is 3.47. The molecule has 0 saturated heterocycles. The van der Waals surface area contributed by atoms with Crippen molar-refractivity contribution in [3.63, 3.8) is 0 Å². The molecular formula is C16H19N3O3. The van der Waals surface area contributed by atoms with Gasteiger partial charge in [0, 0.05) is 24.0 Å². The molecule has 1 atom stereocenters. The second-order valence-corrected chi connectivity index (χ2v) is 5.30. The number of carboxylic acid groups (broad SMARTS) is 1. The van der Waals surface area contributed by atoms with Gasteiger partial charge in [-0.2, -0.15) is 5.10 Å². The maximum atomic E-state index is 12.4. The molecule has 0 fully saturated rings. The highest BCUT2D eigenvalue weighted by molar-refractivity contribution is 5.96. The van der Waals surface area contributed by atoms with Crippen molar-refractivity contribution < 1.29 is 14.7 Å². The quantitative estimate of drug-likeness (QED) is 0.908. The Morgan fingerprint density at radius 1 is 1.23 bits per heavy atom. The highest BCUT2D eigenvalue weighted by atomic mass is 16.4. The molecule has 0 saturated carbocycles. The van der Waals surface area contributed by atoms with Crippen LogP contribution >= 0.6 is 0 Å². The number of aryl methyl sites for hydroxylation is 2. The van der Waals surface area contributed by atoms with Crippen LogP contribution in [0.25, 0.3) is 0 Å². The van der Waals surface area contributed by atoms with E-state index in [1.165, 1.54) is 12.1 Å². The maximum Gasteiger partial charge on any atom is 0.335 e. The molecule has 0 spiro atoms. The number of carbonyl (C=O) groups is 2. The summed E-state index contributed by atoms with van der Waals surface area (Å²) in [7, 11) is 1.85. The van der Waals surface area contributed by atoms with Gasteiger partial charge in [-0.3, -0.25) is 9.48 Å². The van der Waals surface area contributed by atoms with Gasteiger partial charge in [0.05, 0.1) is 17.2 Å². The highest BCUT2D eigenvalue weighted by Crippen LogP contribution is 2.24. The summed E-state index contributed by atoms with van der Waals surface area (Å²) in [6, 6.07) is 6.08. The molecule has 0 radical (unpaired) electrons. The van der Waals surface area contributed by atoms with E-state index in [1.54, 1.807) is 16.8 Å². The Morgan fingerprint density at radius 3 is 2.27 bits per heavy atom. The van der Waals surface area contributed by atoms with Crippen molar-refractivity contribution in [3.05, 3.63) is 46.8 Å². The van der Waals surface area contributed by atoms with E-state index in [2.05, 4.69) is 10.4 Å². The number of aromatic carboxylic acids is 1. The van der Waals surface area contributed by atoms with E-state index < -0.39 is 5.97 Å². The lowest BCUT2D eigenvalue weighted by Crippen LogP contribution is -2.20. The molecule has 0 aliphatic heterocycles. The third-order valence-electron chi connectivity index (χ3n) is 3.79. The number of hydrogen-bond acceptors (Lipinski definition) is 3. The summed E-state index contributed by atoms with van der Waals surface area (Å²) < 4.78 is 1.76. The second kappa shape index (κ2) is 6.01. The number of carboxylic acids is 1. The summed E-state index contributed by atoms with van der Waals surface area (Å²) in [5, 5.41) is 16.0. The van der Waals surface area contributed by atoms with Gasteiger partial charge in [0.1, 0.15) is 0 Å². The van der Waals surface area contributed by atoms with Crippen molar-refractivity contribution in [1.29, 1.82) is 0 Å². The van der Waals surface area contributed by atoms with E-state index in [1.807, 2.05) is 27.8 Å². The molecule has 1 aromatic carbocycles. The molecule has 2 N–H and O–H groups in total. The summed E-state index contributed by atoms with van der Waals surface area (Å²) >= 11 is 0. The third-order valence-corrected chi connectivity index (χ3v) is 3.79. The van der Waals surface area contributed by atoms with E-state index in [0.29, 0.717) is 5.69 Å². The van der Waals surface area contributed by atoms with Gasteiger partial charge in [-0.1, -0.05) is 0 Å². The number of anilines is 1. The van der Waals surface area contributed by atoms with Crippen LogP contribution in [0.15, 0.2) is 24.3 Å². The fourth-order valence-corrected chi connectivity index (χ4v) is 2.49. The van der Waals surface area contributed by atoms with Crippen LogP contribution in [-0.2, 0) is 11.8 Å². The van der Waals surface area contributed by atoms with Crippen LogP contribution in [0.4, 0.5) is 5.69 Å². The Morgan fingerprint density at radius 2 is 1.82 bits per heavy atom. The number of carbonyl (C=O) groups excluding carboxylic acids is 1. The lowest BCUT2D eigenvalue weighted by atomic mass is 9.98. The molecule has 6 nitrogen and oxygen atoms in total. The van der Waals surface area contributed by atoms with Crippen molar-refractivity contribution in [3.8, 4) is 0 Å². The zero-order chi connectivity index (χ0) is 16.4. The van der Waals surface area contributed by atoms with Crippen LogP contribution in [0.1, 0.15) is 40.2 Å². The minimum Gasteiger partial charge on any atom is -0.478 e. The van der Waals surface area contributed by atoms with Gasteiger partial charge in [0.15, 0.2) is 0 Å². The summed E-state index contributed by atoms with van der Waals surface area (Å²) in [6.45, 7) is 5.65. The Labute approximate surface area is 128 Å². The fraction of sp³-hybridized carbons (Fsp3) is 0.312. The lowest BCUT2D eigenvalue weighted by molar-refractivity contribution is -0.117. The minimum atomic E-state index is -0.993. The fourth-order valence-electron chi connectivity index (χ4n) is 2.49. The SMILES string of the molecule is Cc1nn(C)c(C)c1C(C)C(=O)Nc1ccc(C(=O)O)cc1. The Kier molecular flexibility index (Phi) is 4.30. The first kappa shape index (κ1) is 15.8. The van der Waals surface area contributed by atoms with Gasteiger partial charge in [-0.25, -0.2) is 4.79 Å². The Hall–Kier alpha value is -2.63. The van der Waals surface area contributed by atoms with Crippen molar-refractivity contribution >= 4 is 17.6 Å². The number of nitrogens with one attached hydrogen (secondary N) is 1. The standard InChI is InChI=1S/C16H19N3O3/c1-9(14-10(2)18-19(4)11(14)3)15(20)17-13-7-5-12(6-8-13)16(21)22/h5-9H,1-4H3,(H,17,20)(H,21,22). The number of benzene rings is 1. The molecule has 0 aliphatic carbocycles. The molecule has 0 bridgehead atoms. The van der Waals surface area contributed by atoms with E-state index in [0.717, 1.165) is 17.0 Å². The maximum absolute atomic E-state index is 12.4. The van der Waals surface area contributed by atoms with Gasteiger partial charge in [0.25, 0.3) is 0 Å². The van der Waals surface area contributed by atoms with Gasteiger partial charge in [-0.15, -0.1) is 0 Å². The van der Waals surface area contributed by atoms with Gasteiger partial charge >= 0.3 is 5.97 Å². The van der Waals surface area contributed by atoms with Crippen LogP contribution in [-0.4, -0.2) is 26.8 Å². The largest absolute Gasteiger partial charge is 0.478 e. The molecule has 2 rings (SSSR count). The number of rotatable bonds is 4. The Bertz CT molecular complexity index is 717. The monoisotopic (exact) mass is 301 g/mol. The third kappa shape index (κ3) is 3.00. The Balaban J connectivity index is 2.16. The first-order chi connectivity index (χ1) is 10.3. The van der Waals surface area contributed by atoms with E-state index >= 15 is 0 Å². The topological polar surface area (TPSA) is 84.2 Å². The predicted molar refractivity (Wildman–Crippen MR) is 83.1 cm³/mol. The first-order valence-corrected chi connectivity index (χ1v) is 6.95. The first-order valence-electron chi connectivity index (χ1n) is 6.95. The van der Waals surface area contributed by atoms with E-state index in [9.17, 15) is 9.59 Å². The second-order valence-electron chi connectivity index (χ2n) is 5.30. The molecule has 1 unspecified atom stereocenters. The van der Waals surface area contributed by atoms with Crippen LogP contribution in [0.2, 0.25) is 0 Å². The van der Waals surface area contributed by atoms with Gasteiger partial charge in [-0.05, 0) is 45.0 Å². The molecule has 1 aromatic heterocycles. The van der Waals surface area contributed by atoms with Crippen LogP contribution in [0.5, 0.6) is 0 Å². The van der Waals surface area contributed by atoms with Crippen molar-refractivity contribution in [2.75, 3.05) is 5.32 Å². The van der Waals surface area contributed by atoms with Gasteiger partial charge < -0.3 is 10.4 Å². The lowest BCUT2D eigenvalue weighted by Gasteiger charge is -2.13. The summed E-state index contributed by atoms with van der Waals surface area (Å²) in [4.78, 5) is 23.2. The normalized spacial score (nSPS) is 12.0. The van der Waals surface area contributed by atoms with Gasteiger partial charge in [0.2, 0.25) is 5.91 Å². The predicted octanol–water partition coefficient (Wildman–Crippen LogP) is 2.48. The molecule has 0 aliphatic rings. The molecule has 6 heteroatoms. The molecule has 1 heterocycles. The summed E-state index contributed by atoms with van der Waals surface area (Å²) in [6.07, 6.45) is 0. The summed E-state index contributed by atoms with van der Waals surface area (Å²) in [5.74, 6) is -1.48. The number of nitrogens with zero attached hydrogens (tertiary/aromatic N) is 2. The smallest absolute Gasteiger partial charge is 0.335 e.